The fourth-order valence-corrected chi connectivity index (χ4v) is 0.453. The van der Waals surface area contributed by atoms with E-state index in [4.69, 9.17) is 5.73 Å². The second-order valence-corrected chi connectivity index (χ2v) is 3.66. The predicted molar refractivity (Wildman–Crippen MR) is 55.0 cm³/mol. The molecule has 0 fully saturated rings. The molecule has 0 aliphatic carbocycles. The van der Waals surface area contributed by atoms with E-state index < -0.39 is 0 Å². The van der Waals surface area contributed by atoms with E-state index in [1.54, 1.807) is 12.4 Å². The first-order valence-corrected chi connectivity index (χ1v) is 4.09. The first-order valence-electron chi connectivity index (χ1n) is 4.09. The summed E-state index contributed by atoms with van der Waals surface area (Å²) in [5.41, 5.74) is 6.56. The lowest BCUT2D eigenvalue weighted by Crippen LogP contribution is -2.16. The molecule has 2 N–H and O–H groups in total. The van der Waals surface area contributed by atoms with Crippen molar-refractivity contribution in [3.8, 4) is 0 Å². The molecule has 0 unspecified atom stereocenters. The summed E-state index contributed by atoms with van der Waals surface area (Å²) < 4.78 is 0. The topological polar surface area (TPSA) is 38.4 Å². The number of aliphatic imine (C=N–C) groups is 1. The van der Waals surface area contributed by atoms with Crippen molar-refractivity contribution in [2.75, 3.05) is 0 Å². The van der Waals surface area contributed by atoms with Crippen LogP contribution in [0.1, 0.15) is 27.7 Å². The van der Waals surface area contributed by atoms with Crippen LogP contribution in [-0.4, -0.2) is 6.21 Å². The van der Waals surface area contributed by atoms with Crippen LogP contribution in [0, 0.1) is 5.41 Å². The van der Waals surface area contributed by atoms with Crippen molar-refractivity contribution >= 4 is 6.21 Å². The third kappa shape index (κ3) is 4.72. The van der Waals surface area contributed by atoms with Gasteiger partial charge in [-0.25, -0.2) is 0 Å². The van der Waals surface area contributed by atoms with Crippen LogP contribution in [-0.2, 0) is 0 Å². The second-order valence-electron chi connectivity index (χ2n) is 3.66. The summed E-state index contributed by atoms with van der Waals surface area (Å²) in [5, 5.41) is 0. The first kappa shape index (κ1) is 11.0. The lowest BCUT2D eigenvalue weighted by Gasteiger charge is -2.17. The highest BCUT2D eigenvalue weighted by molar-refractivity contribution is 5.71. The van der Waals surface area contributed by atoms with E-state index in [1.165, 1.54) is 0 Å². The minimum absolute atomic E-state index is 0.00721. The molecule has 0 aliphatic heterocycles. The minimum atomic E-state index is 0.00721. The van der Waals surface area contributed by atoms with Crippen LogP contribution < -0.4 is 5.73 Å². The Bertz CT molecular complexity index is 204. The van der Waals surface area contributed by atoms with Crippen molar-refractivity contribution < 1.29 is 0 Å². The van der Waals surface area contributed by atoms with Crippen LogP contribution in [0.25, 0.3) is 0 Å². The van der Waals surface area contributed by atoms with Gasteiger partial charge in [0.25, 0.3) is 0 Å². The maximum absolute atomic E-state index is 5.76. The molecule has 0 saturated heterocycles. The lowest BCUT2D eigenvalue weighted by molar-refractivity contribution is 0.496. The van der Waals surface area contributed by atoms with Crippen molar-refractivity contribution in [3.63, 3.8) is 0 Å². The maximum Gasteiger partial charge on any atom is 0.0460 e. The number of nitrogens with two attached hydrogens (primary N) is 1. The van der Waals surface area contributed by atoms with Gasteiger partial charge in [0, 0.05) is 23.5 Å². The molecule has 0 aromatic rings. The van der Waals surface area contributed by atoms with Gasteiger partial charge in [0.05, 0.1) is 0 Å². The Morgan fingerprint density at radius 1 is 1.33 bits per heavy atom. The number of hydrogen-bond donors (Lipinski definition) is 1. The molecule has 0 bridgehead atoms. The summed E-state index contributed by atoms with van der Waals surface area (Å²) in [5.74, 6) is 0. The van der Waals surface area contributed by atoms with E-state index in [1.807, 2.05) is 19.1 Å². The third-order valence-corrected chi connectivity index (χ3v) is 1.44. The molecule has 0 aliphatic rings. The highest BCUT2D eigenvalue weighted by Gasteiger charge is 2.12. The average Bonchev–Trinajstić information content (AvgIpc) is 1.96. The molecular weight excluding hydrogens is 148 g/mol. The first-order chi connectivity index (χ1) is 5.48. The smallest absolute Gasteiger partial charge is 0.0460 e. The van der Waals surface area contributed by atoms with E-state index in [2.05, 4.69) is 25.8 Å². The molecule has 2 heteroatoms. The molecule has 0 heterocycles. The van der Waals surface area contributed by atoms with Gasteiger partial charge in [0.2, 0.25) is 0 Å². The highest BCUT2D eigenvalue weighted by atomic mass is 14.7. The van der Waals surface area contributed by atoms with Gasteiger partial charge in [-0.3, -0.25) is 4.99 Å². The van der Waals surface area contributed by atoms with Gasteiger partial charge in [0.1, 0.15) is 0 Å². The largest absolute Gasteiger partial charge is 0.400 e. The summed E-state index contributed by atoms with van der Waals surface area (Å²) in [7, 11) is 0. The zero-order valence-electron chi connectivity index (χ0n) is 8.33. The molecule has 0 rings (SSSR count). The van der Waals surface area contributed by atoms with Crippen LogP contribution in [0.15, 0.2) is 29.0 Å². The van der Waals surface area contributed by atoms with E-state index in [0.29, 0.717) is 0 Å². The quantitative estimate of drug-likeness (QED) is 0.629. The third-order valence-electron chi connectivity index (χ3n) is 1.44. The number of nitrogens with zero attached hydrogens (tertiary/aromatic N) is 1. The van der Waals surface area contributed by atoms with E-state index in [9.17, 15) is 0 Å². The van der Waals surface area contributed by atoms with Crippen LogP contribution in [0.4, 0.5) is 0 Å². The Hall–Kier alpha value is -1.05. The molecule has 68 valence electrons. The van der Waals surface area contributed by atoms with Crippen molar-refractivity contribution in [2.24, 2.45) is 16.1 Å². The van der Waals surface area contributed by atoms with Gasteiger partial charge < -0.3 is 5.73 Å². The van der Waals surface area contributed by atoms with Crippen molar-refractivity contribution in [1.29, 1.82) is 0 Å². The summed E-state index contributed by atoms with van der Waals surface area (Å²) in [6, 6.07) is 0. The van der Waals surface area contributed by atoms with Gasteiger partial charge in [-0.2, -0.15) is 0 Å². The Morgan fingerprint density at radius 2 is 1.92 bits per heavy atom. The fraction of sp³-hybridized carbons (Fsp3) is 0.500. The van der Waals surface area contributed by atoms with Crippen LogP contribution in [0.3, 0.4) is 0 Å². The predicted octanol–water partition coefficient (Wildman–Crippen LogP) is 2.48. The molecular formula is C10H18N2. The molecule has 2 nitrogen and oxygen atoms in total. The van der Waals surface area contributed by atoms with E-state index >= 15 is 0 Å². The summed E-state index contributed by atoms with van der Waals surface area (Å²) in [4.78, 5) is 4.03. The van der Waals surface area contributed by atoms with Gasteiger partial charge in [-0.05, 0) is 13.0 Å². The monoisotopic (exact) mass is 166 g/mol. The van der Waals surface area contributed by atoms with E-state index in [0.717, 1.165) is 5.70 Å². The molecule has 0 saturated carbocycles. The zero-order valence-corrected chi connectivity index (χ0v) is 8.33. The fourth-order valence-electron chi connectivity index (χ4n) is 0.453. The van der Waals surface area contributed by atoms with Gasteiger partial charge in [-0.15, -0.1) is 0 Å². The van der Waals surface area contributed by atoms with Crippen molar-refractivity contribution in [2.45, 2.75) is 27.7 Å². The van der Waals surface area contributed by atoms with Crippen LogP contribution >= 0.6 is 0 Å². The molecule has 0 aromatic carbocycles. The molecule has 0 aromatic heterocycles. The standard InChI is InChI=1S/C10H18N2/c1-5-6-7-12-8-9(11)10(2,3)4/h5-8H,11H2,1-4H3/b6-5-,9-8-,12-7-. The summed E-state index contributed by atoms with van der Waals surface area (Å²) >= 11 is 0. The molecule has 12 heavy (non-hydrogen) atoms. The van der Waals surface area contributed by atoms with Crippen LogP contribution in [0.5, 0.6) is 0 Å². The lowest BCUT2D eigenvalue weighted by atomic mass is 9.93. The normalized spacial score (nSPS) is 14.8. The molecule has 0 radical (unpaired) electrons. The van der Waals surface area contributed by atoms with Crippen molar-refractivity contribution in [1.82, 2.24) is 0 Å². The van der Waals surface area contributed by atoms with Crippen molar-refractivity contribution in [3.05, 3.63) is 24.0 Å². The maximum atomic E-state index is 5.76. The van der Waals surface area contributed by atoms with E-state index in [-0.39, 0.29) is 5.41 Å². The Balaban J connectivity index is 4.19. The minimum Gasteiger partial charge on any atom is -0.400 e. The summed E-state index contributed by atoms with van der Waals surface area (Å²) in [6.45, 7) is 8.13. The van der Waals surface area contributed by atoms with Gasteiger partial charge in [0.15, 0.2) is 0 Å². The highest BCUT2D eigenvalue weighted by Crippen LogP contribution is 2.19. The zero-order chi connectivity index (χ0) is 9.61. The van der Waals surface area contributed by atoms with Gasteiger partial charge in [-0.1, -0.05) is 26.8 Å². The molecule has 0 atom stereocenters. The van der Waals surface area contributed by atoms with Crippen LogP contribution in [0.2, 0.25) is 0 Å². The summed E-state index contributed by atoms with van der Waals surface area (Å²) in [6.07, 6.45) is 7.20. The number of allylic oxidation sites excluding steroid dienone is 3. The number of hydrogen-bond acceptors (Lipinski definition) is 2. The molecule has 0 amide bonds. The Morgan fingerprint density at radius 3 is 2.33 bits per heavy atom. The Labute approximate surface area is 74.9 Å². The second kappa shape index (κ2) is 4.75. The van der Waals surface area contributed by atoms with Gasteiger partial charge >= 0.3 is 0 Å². The Kier molecular flexibility index (Phi) is 4.34. The SMILES string of the molecule is C\C=C/C=N\C=C(/N)C(C)(C)C. The average molecular weight is 166 g/mol. The molecule has 0 spiro atoms. The number of rotatable bonds is 2.